The Bertz CT molecular complexity index is 408. The van der Waals surface area contributed by atoms with Gasteiger partial charge in [-0.05, 0) is 37.8 Å². The van der Waals surface area contributed by atoms with E-state index in [9.17, 15) is 4.79 Å². The van der Waals surface area contributed by atoms with Crippen molar-refractivity contribution < 1.29 is 9.90 Å². The SMILES string of the molecule is CC(NC(=O)O)C1CCCN(Cc2ccccc2)C1. The molecular formula is C15H22N2O2. The summed E-state index contributed by atoms with van der Waals surface area (Å²) in [4.78, 5) is 13.1. The van der Waals surface area contributed by atoms with Crippen LogP contribution in [0, 0.1) is 5.92 Å². The lowest BCUT2D eigenvalue weighted by Crippen LogP contribution is -2.45. The topological polar surface area (TPSA) is 52.6 Å². The molecule has 0 spiro atoms. The second kappa shape index (κ2) is 6.57. The van der Waals surface area contributed by atoms with Crippen molar-refractivity contribution in [3.8, 4) is 0 Å². The Morgan fingerprint density at radius 3 is 2.89 bits per heavy atom. The number of likely N-dealkylation sites (tertiary alicyclic amines) is 1. The zero-order chi connectivity index (χ0) is 13.7. The van der Waals surface area contributed by atoms with E-state index in [1.807, 2.05) is 13.0 Å². The van der Waals surface area contributed by atoms with Crippen molar-refractivity contribution in [1.29, 1.82) is 0 Å². The van der Waals surface area contributed by atoms with Crippen molar-refractivity contribution in [2.24, 2.45) is 5.92 Å². The molecule has 1 heterocycles. The van der Waals surface area contributed by atoms with E-state index in [-0.39, 0.29) is 6.04 Å². The maximum Gasteiger partial charge on any atom is 0.404 e. The van der Waals surface area contributed by atoms with Gasteiger partial charge >= 0.3 is 6.09 Å². The van der Waals surface area contributed by atoms with Crippen LogP contribution in [0.25, 0.3) is 0 Å². The van der Waals surface area contributed by atoms with Gasteiger partial charge in [0.25, 0.3) is 0 Å². The number of carbonyl (C=O) groups is 1. The molecule has 1 saturated heterocycles. The molecule has 0 saturated carbocycles. The zero-order valence-corrected chi connectivity index (χ0v) is 11.4. The average molecular weight is 262 g/mol. The summed E-state index contributed by atoms with van der Waals surface area (Å²) >= 11 is 0. The molecule has 1 aromatic rings. The smallest absolute Gasteiger partial charge is 0.404 e. The number of rotatable bonds is 4. The van der Waals surface area contributed by atoms with Gasteiger partial charge < -0.3 is 10.4 Å². The number of nitrogens with one attached hydrogen (secondary N) is 1. The minimum atomic E-state index is -0.923. The number of carboxylic acid groups (broad SMARTS) is 1. The molecule has 1 aliphatic heterocycles. The number of hydrogen-bond acceptors (Lipinski definition) is 2. The van der Waals surface area contributed by atoms with Crippen molar-refractivity contribution in [2.45, 2.75) is 32.4 Å². The molecule has 1 fully saturated rings. The quantitative estimate of drug-likeness (QED) is 0.876. The van der Waals surface area contributed by atoms with Crippen LogP contribution in [0.15, 0.2) is 30.3 Å². The van der Waals surface area contributed by atoms with E-state index in [2.05, 4.69) is 34.5 Å². The summed E-state index contributed by atoms with van der Waals surface area (Å²) in [5.74, 6) is 0.411. The van der Waals surface area contributed by atoms with Crippen LogP contribution in [0.3, 0.4) is 0 Å². The van der Waals surface area contributed by atoms with Crippen molar-refractivity contribution in [3.63, 3.8) is 0 Å². The summed E-state index contributed by atoms with van der Waals surface area (Å²) in [5.41, 5.74) is 1.32. The Kier molecular flexibility index (Phi) is 4.80. The van der Waals surface area contributed by atoms with Crippen LogP contribution in [-0.2, 0) is 6.54 Å². The van der Waals surface area contributed by atoms with Crippen molar-refractivity contribution >= 4 is 6.09 Å². The molecular weight excluding hydrogens is 240 g/mol. The second-order valence-corrected chi connectivity index (χ2v) is 5.36. The Labute approximate surface area is 114 Å². The third-order valence-electron chi connectivity index (χ3n) is 3.85. The van der Waals surface area contributed by atoms with Crippen LogP contribution in [-0.4, -0.2) is 35.2 Å². The minimum absolute atomic E-state index is 0.0241. The molecule has 1 aromatic carbocycles. The first kappa shape index (κ1) is 13.9. The van der Waals surface area contributed by atoms with E-state index in [1.165, 1.54) is 5.56 Å². The molecule has 4 nitrogen and oxygen atoms in total. The summed E-state index contributed by atoms with van der Waals surface area (Å²) in [7, 11) is 0. The number of piperidine rings is 1. The molecule has 2 N–H and O–H groups in total. The second-order valence-electron chi connectivity index (χ2n) is 5.36. The molecule has 4 heteroatoms. The normalized spacial score (nSPS) is 21.8. The number of nitrogens with zero attached hydrogens (tertiary/aromatic N) is 1. The van der Waals surface area contributed by atoms with Crippen molar-refractivity contribution in [1.82, 2.24) is 10.2 Å². The summed E-state index contributed by atoms with van der Waals surface area (Å²) in [5, 5.41) is 11.4. The van der Waals surface area contributed by atoms with Gasteiger partial charge in [-0.25, -0.2) is 4.79 Å². The Balaban J connectivity index is 1.88. The van der Waals surface area contributed by atoms with Crippen molar-refractivity contribution in [3.05, 3.63) is 35.9 Å². The lowest BCUT2D eigenvalue weighted by atomic mass is 9.91. The van der Waals surface area contributed by atoms with Gasteiger partial charge in [-0.1, -0.05) is 30.3 Å². The fourth-order valence-corrected chi connectivity index (χ4v) is 2.80. The molecule has 1 aliphatic rings. The highest BCUT2D eigenvalue weighted by Gasteiger charge is 2.25. The monoisotopic (exact) mass is 262 g/mol. The summed E-state index contributed by atoms with van der Waals surface area (Å²) in [6.07, 6.45) is 1.32. The third-order valence-corrected chi connectivity index (χ3v) is 3.85. The molecule has 1 amide bonds. The first-order valence-electron chi connectivity index (χ1n) is 6.91. The molecule has 0 radical (unpaired) electrons. The van der Waals surface area contributed by atoms with E-state index in [0.717, 1.165) is 32.5 Å². The molecule has 0 aliphatic carbocycles. The van der Waals surface area contributed by atoms with E-state index < -0.39 is 6.09 Å². The molecule has 0 bridgehead atoms. The van der Waals surface area contributed by atoms with Gasteiger partial charge in [-0.2, -0.15) is 0 Å². The first-order chi connectivity index (χ1) is 9.15. The number of hydrogen-bond donors (Lipinski definition) is 2. The van der Waals surface area contributed by atoms with Gasteiger partial charge in [0.1, 0.15) is 0 Å². The van der Waals surface area contributed by atoms with E-state index in [0.29, 0.717) is 5.92 Å². The van der Waals surface area contributed by atoms with Gasteiger partial charge in [0.15, 0.2) is 0 Å². The third kappa shape index (κ3) is 4.24. The fourth-order valence-electron chi connectivity index (χ4n) is 2.80. The molecule has 2 unspecified atom stereocenters. The first-order valence-corrected chi connectivity index (χ1v) is 6.91. The molecule has 19 heavy (non-hydrogen) atoms. The van der Waals surface area contributed by atoms with Gasteiger partial charge in [-0.3, -0.25) is 4.90 Å². The Morgan fingerprint density at radius 2 is 2.21 bits per heavy atom. The highest BCUT2D eigenvalue weighted by Crippen LogP contribution is 2.21. The lowest BCUT2D eigenvalue weighted by molar-refractivity contribution is 0.137. The predicted octanol–water partition coefficient (Wildman–Crippen LogP) is 2.55. The molecule has 104 valence electrons. The fraction of sp³-hybridized carbons (Fsp3) is 0.533. The maximum atomic E-state index is 10.7. The van der Waals surface area contributed by atoms with Gasteiger partial charge in [0, 0.05) is 19.1 Å². The number of benzene rings is 1. The van der Waals surface area contributed by atoms with Gasteiger partial charge in [-0.15, -0.1) is 0 Å². The average Bonchev–Trinajstić information content (AvgIpc) is 2.39. The van der Waals surface area contributed by atoms with Crippen LogP contribution in [0.5, 0.6) is 0 Å². The van der Waals surface area contributed by atoms with E-state index in [4.69, 9.17) is 5.11 Å². The summed E-state index contributed by atoms with van der Waals surface area (Å²) in [6, 6.07) is 10.5. The van der Waals surface area contributed by atoms with Crippen molar-refractivity contribution in [2.75, 3.05) is 13.1 Å². The Morgan fingerprint density at radius 1 is 1.47 bits per heavy atom. The highest BCUT2D eigenvalue weighted by molar-refractivity contribution is 5.64. The van der Waals surface area contributed by atoms with Gasteiger partial charge in [0.05, 0.1) is 0 Å². The van der Waals surface area contributed by atoms with E-state index >= 15 is 0 Å². The summed E-state index contributed by atoms with van der Waals surface area (Å²) in [6.45, 7) is 4.99. The lowest BCUT2D eigenvalue weighted by Gasteiger charge is -2.35. The molecule has 2 rings (SSSR count). The number of amides is 1. The van der Waals surface area contributed by atoms with E-state index in [1.54, 1.807) is 0 Å². The van der Waals surface area contributed by atoms with Crippen LogP contribution in [0.2, 0.25) is 0 Å². The standard InChI is InChI=1S/C15H22N2O2/c1-12(16-15(18)19)14-8-5-9-17(11-14)10-13-6-3-2-4-7-13/h2-4,6-7,12,14,16H,5,8-11H2,1H3,(H,18,19). The van der Waals surface area contributed by atoms with Crippen LogP contribution in [0.4, 0.5) is 4.79 Å². The summed E-state index contributed by atoms with van der Waals surface area (Å²) < 4.78 is 0. The van der Waals surface area contributed by atoms with Crippen LogP contribution < -0.4 is 5.32 Å². The predicted molar refractivity (Wildman–Crippen MR) is 75.1 cm³/mol. The van der Waals surface area contributed by atoms with Crippen LogP contribution >= 0.6 is 0 Å². The molecule has 0 aromatic heterocycles. The zero-order valence-electron chi connectivity index (χ0n) is 11.4. The largest absolute Gasteiger partial charge is 0.465 e. The van der Waals surface area contributed by atoms with Gasteiger partial charge in [0.2, 0.25) is 0 Å². The highest BCUT2D eigenvalue weighted by atomic mass is 16.4. The molecule has 2 atom stereocenters. The minimum Gasteiger partial charge on any atom is -0.465 e. The maximum absolute atomic E-state index is 10.7. The van der Waals surface area contributed by atoms with Crippen LogP contribution in [0.1, 0.15) is 25.3 Å². The Hall–Kier alpha value is -1.55.